The van der Waals surface area contributed by atoms with Crippen molar-refractivity contribution in [2.24, 2.45) is 0 Å². The van der Waals surface area contributed by atoms with Gasteiger partial charge in [-0.2, -0.15) is 0 Å². The predicted molar refractivity (Wildman–Crippen MR) is 256 cm³/mol. The lowest BCUT2D eigenvalue weighted by Crippen LogP contribution is -2.14. The standard InChI is InChI=1S/C57H38N6O/c1-57(2)44-33-32-39(34-43(44)48-41(27-15-29-45(48)57)55-60-51(35-18-7-3-8-19-35)58-52(61-55)36-20-9-4-10-21-36)40-26-16-30-46-49(40)50-42(28-17-31-47(50)64-46)56-62-53(37-22-11-5-12-23-37)59-54(63-56)38-24-13-6-14-25-38/h3-34H,1-2H3. The van der Waals surface area contributed by atoms with E-state index in [9.17, 15) is 0 Å². The molecule has 302 valence electrons. The number of fused-ring (bicyclic) bond motifs is 6. The van der Waals surface area contributed by atoms with Crippen molar-refractivity contribution in [3.63, 3.8) is 0 Å². The van der Waals surface area contributed by atoms with Crippen molar-refractivity contribution >= 4 is 21.9 Å². The molecular weight excluding hydrogens is 785 g/mol. The Morgan fingerprint density at radius 3 is 1.22 bits per heavy atom. The molecule has 0 unspecified atom stereocenters. The molecule has 3 aromatic heterocycles. The summed E-state index contributed by atoms with van der Waals surface area (Å²) >= 11 is 0. The zero-order valence-corrected chi connectivity index (χ0v) is 35.1. The van der Waals surface area contributed by atoms with Crippen LogP contribution in [0.4, 0.5) is 0 Å². The normalized spacial score (nSPS) is 12.7. The fourth-order valence-electron chi connectivity index (χ4n) is 9.31. The maximum atomic E-state index is 6.67. The van der Waals surface area contributed by atoms with Gasteiger partial charge in [-0.15, -0.1) is 0 Å². The minimum atomic E-state index is -0.274. The van der Waals surface area contributed by atoms with Crippen LogP contribution >= 0.6 is 0 Å². The Morgan fingerprint density at radius 2 is 0.719 bits per heavy atom. The summed E-state index contributed by atoms with van der Waals surface area (Å²) < 4.78 is 6.67. The Kier molecular flexibility index (Phi) is 8.69. The summed E-state index contributed by atoms with van der Waals surface area (Å²) in [6.45, 7) is 4.61. The first-order chi connectivity index (χ1) is 31.5. The lowest BCUT2D eigenvalue weighted by molar-refractivity contribution is 0.660. The van der Waals surface area contributed by atoms with Gasteiger partial charge in [0.2, 0.25) is 0 Å². The molecule has 11 aromatic rings. The van der Waals surface area contributed by atoms with Crippen LogP contribution in [0.5, 0.6) is 0 Å². The highest BCUT2D eigenvalue weighted by atomic mass is 16.3. The molecule has 0 spiro atoms. The van der Waals surface area contributed by atoms with E-state index in [0.29, 0.717) is 34.9 Å². The van der Waals surface area contributed by atoms with Gasteiger partial charge in [-0.1, -0.05) is 190 Å². The van der Waals surface area contributed by atoms with Crippen LogP contribution in [0.3, 0.4) is 0 Å². The first-order valence-electron chi connectivity index (χ1n) is 21.5. The topological polar surface area (TPSA) is 90.5 Å². The number of furan rings is 1. The first kappa shape index (κ1) is 37.4. The van der Waals surface area contributed by atoms with Crippen molar-refractivity contribution in [2.75, 3.05) is 0 Å². The molecule has 7 heteroatoms. The third-order valence-corrected chi connectivity index (χ3v) is 12.4. The summed E-state index contributed by atoms with van der Waals surface area (Å²) in [6, 6.07) is 66.2. The zero-order chi connectivity index (χ0) is 42.8. The van der Waals surface area contributed by atoms with E-state index in [-0.39, 0.29) is 5.41 Å². The SMILES string of the molecule is CC1(C)c2ccc(-c3cccc4oc5cccc(-c6nc(-c7ccccc7)nc(-c7ccccc7)n6)c5c34)cc2-c2c(-c3nc(-c4ccccc4)nc(-c4ccccc4)n3)cccc21. The third-order valence-electron chi connectivity index (χ3n) is 12.4. The quantitative estimate of drug-likeness (QED) is 0.158. The number of hydrogen-bond donors (Lipinski definition) is 0. The highest BCUT2D eigenvalue weighted by Gasteiger charge is 2.38. The van der Waals surface area contributed by atoms with Gasteiger partial charge in [-0.05, 0) is 51.6 Å². The van der Waals surface area contributed by atoms with Gasteiger partial charge in [0.15, 0.2) is 34.9 Å². The zero-order valence-electron chi connectivity index (χ0n) is 35.1. The third kappa shape index (κ3) is 6.20. The van der Waals surface area contributed by atoms with E-state index in [4.69, 9.17) is 34.3 Å². The molecule has 0 N–H and O–H groups in total. The summed E-state index contributed by atoms with van der Waals surface area (Å²) in [7, 11) is 0. The summed E-state index contributed by atoms with van der Waals surface area (Å²) in [5.41, 5.74) is 13.7. The summed E-state index contributed by atoms with van der Waals surface area (Å²) in [4.78, 5) is 30.6. The molecule has 0 aliphatic heterocycles. The molecule has 0 saturated heterocycles. The molecule has 3 heterocycles. The maximum absolute atomic E-state index is 6.67. The maximum Gasteiger partial charge on any atom is 0.164 e. The van der Waals surface area contributed by atoms with Gasteiger partial charge in [-0.3, -0.25) is 0 Å². The van der Waals surface area contributed by atoms with E-state index in [2.05, 4.69) is 68.4 Å². The molecule has 7 nitrogen and oxygen atoms in total. The second kappa shape index (κ2) is 14.9. The van der Waals surface area contributed by atoms with E-state index in [1.807, 2.05) is 140 Å². The summed E-state index contributed by atoms with van der Waals surface area (Å²) in [5.74, 6) is 3.69. The van der Waals surface area contributed by atoms with Crippen LogP contribution < -0.4 is 0 Å². The smallest absolute Gasteiger partial charge is 0.164 e. The van der Waals surface area contributed by atoms with Crippen LogP contribution in [0.1, 0.15) is 25.0 Å². The van der Waals surface area contributed by atoms with Crippen LogP contribution in [0.2, 0.25) is 0 Å². The Hall–Kier alpha value is -8.42. The minimum absolute atomic E-state index is 0.274. The number of aromatic nitrogens is 6. The van der Waals surface area contributed by atoms with E-state index in [1.165, 1.54) is 11.1 Å². The van der Waals surface area contributed by atoms with Crippen LogP contribution in [0.15, 0.2) is 199 Å². The molecule has 0 fully saturated rings. The molecule has 1 aliphatic carbocycles. The van der Waals surface area contributed by atoms with Gasteiger partial charge in [0.05, 0.1) is 0 Å². The minimum Gasteiger partial charge on any atom is -0.456 e. The molecule has 0 amide bonds. The van der Waals surface area contributed by atoms with Gasteiger partial charge in [-0.25, -0.2) is 29.9 Å². The Morgan fingerprint density at radius 1 is 0.312 bits per heavy atom. The van der Waals surface area contributed by atoms with Gasteiger partial charge in [0, 0.05) is 49.6 Å². The molecule has 0 radical (unpaired) electrons. The second-order valence-corrected chi connectivity index (χ2v) is 16.6. The van der Waals surface area contributed by atoms with Gasteiger partial charge < -0.3 is 4.42 Å². The predicted octanol–water partition coefficient (Wildman–Crippen LogP) is 13.9. The lowest BCUT2D eigenvalue weighted by Gasteiger charge is -2.21. The number of nitrogens with zero attached hydrogens (tertiary/aromatic N) is 6. The largest absolute Gasteiger partial charge is 0.456 e. The lowest BCUT2D eigenvalue weighted by atomic mass is 9.82. The Bertz CT molecular complexity index is 3450. The molecule has 8 aromatic carbocycles. The summed E-state index contributed by atoms with van der Waals surface area (Å²) in [6.07, 6.45) is 0. The highest BCUT2D eigenvalue weighted by Crippen LogP contribution is 2.53. The van der Waals surface area contributed by atoms with E-state index >= 15 is 0 Å². The molecule has 0 bridgehead atoms. The number of benzene rings is 8. The molecule has 12 rings (SSSR count). The molecule has 1 aliphatic rings. The van der Waals surface area contributed by atoms with Crippen molar-refractivity contribution in [1.29, 1.82) is 0 Å². The van der Waals surface area contributed by atoms with E-state index < -0.39 is 0 Å². The molecular formula is C57H38N6O. The van der Waals surface area contributed by atoms with Gasteiger partial charge >= 0.3 is 0 Å². The average Bonchev–Trinajstić information content (AvgIpc) is 3.86. The summed E-state index contributed by atoms with van der Waals surface area (Å²) in [5, 5.41) is 1.95. The molecule has 0 saturated carbocycles. The van der Waals surface area contributed by atoms with Crippen LogP contribution in [0.25, 0.3) is 113 Å². The Labute approximate surface area is 369 Å². The van der Waals surface area contributed by atoms with Crippen molar-refractivity contribution in [1.82, 2.24) is 29.9 Å². The number of hydrogen-bond acceptors (Lipinski definition) is 7. The number of rotatable bonds is 7. The van der Waals surface area contributed by atoms with E-state index in [0.717, 1.165) is 77.6 Å². The van der Waals surface area contributed by atoms with Crippen LogP contribution in [-0.2, 0) is 5.41 Å². The highest BCUT2D eigenvalue weighted by molar-refractivity contribution is 6.17. The molecule has 0 atom stereocenters. The van der Waals surface area contributed by atoms with Crippen molar-refractivity contribution < 1.29 is 4.42 Å². The average molecular weight is 823 g/mol. The Balaban J connectivity index is 1.06. The van der Waals surface area contributed by atoms with Crippen molar-refractivity contribution in [3.8, 4) is 90.6 Å². The van der Waals surface area contributed by atoms with Crippen molar-refractivity contribution in [2.45, 2.75) is 19.3 Å². The fraction of sp³-hybridized carbons (Fsp3) is 0.0526. The first-order valence-corrected chi connectivity index (χ1v) is 21.5. The van der Waals surface area contributed by atoms with Crippen LogP contribution in [0, 0.1) is 0 Å². The molecule has 64 heavy (non-hydrogen) atoms. The van der Waals surface area contributed by atoms with E-state index in [1.54, 1.807) is 0 Å². The fourth-order valence-corrected chi connectivity index (χ4v) is 9.31. The van der Waals surface area contributed by atoms with Crippen LogP contribution in [-0.4, -0.2) is 29.9 Å². The monoisotopic (exact) mass is 822 g/mol. The second-order valence-electron chi connectivity index (χ2n) is 16.6. The van der Waals surface area contributed by atoms with Gasteiger partial charge in [0.25, 0.3) is 0 Å². The van der Waals surface area contributed by atoms with Crippen molar-refractivity contribution in [3.05, 3.63) is 205 Å². The van der Waals surface area contributed by atoms with Gasteiger partial charge in [0.1, 0.15) is 11.2 Å².